The van der Waals surface area contributed by atoms with Crippen LogP contribution >= 0.6 is 0 Å². The molecule has 0 radical (unpaired) electrons. The minimum absolute atomic E-state index is 0.542. The first kappa shape index (κ1) is 19.0. The molecule has 2 saturated heterocycles. The second-order valence-corrected chi connectivity index (χ2v) is 8.69. The fourth-order valence-electron chi connectivity index (χ4n) is 4.79. The lowest BCUT2D eigenvalue weighted by atomic mass is 10.0. The van der Waals surface area contributed by atoms with Crippen molar-refractivity contribution in [2.75, 3.05) is 23.3 Å². The van der Waals surface area contributed by atoms with Crippen LogP contribution in [0.25, 0.3) is 27.6 Å². The van der Waals surface area contributed by atoms with Crippen LogP contribution in [-0.2, 0) is 7.05 Å². The summed E-state index contributed by atoms with van der Waals surface area (Å²) in [4.78, 5) is 11.6. The maximum atomic E-state index is 4.62. The number of hydrogen-bond acceptors (Lipinski definition) is 6. The van der Waals surface area contributed by atoms with Gasteiger partial charge in [-0.1, -0.05) is 18.7 Å². The highest BCUT2D eigenvalue weighted by Crippen LogP contribution is 2.30. The Morgan fingerprint density at radius 1 is 1.09 bits per heavy atom. The van der Waals surface area contributed by atoms with E-state index in [2.05, 4.69) is 67.5 Å². The van der Waals surface area contributed by atoms with Gasteiger partial charge in [0.1, 0.15) is 11.6 Å². The van der Waals surface area contributed by atoms with E-state index in [1.807, 2.05) is 42.6 Å². The molecule has 2 fully saturated rings. The number of anilines is 2. The third kappa shape index (κ3) is 3.40. The molecule has 2 unspecified atom stereocenters. The van der Waals surface area contributed by atoms with Gasteiger partial charge in [-0.25, -0.2) is 9.97 Å². The van der Waals surface area contributed by atoms with Gasteiger partial charge in [0.15, 0.2) is 0 Å². The number of rotatable bonds is 5. The van der Waals surface area contributed by atoms with E-state index < -0.39 is 0 Å². The van der Waals surface area contributed by atoms with Crippen LogP contribution in [0, 0.1) is 0 Å². The maximum Gasteiger partial charge on any atom is 0.130 e. The first-order chi connectivity index (χ1) is 15.6. The second-order valence-electron chi connectivity index (χ2n) is 8.69. The number of pyridine rings is 2. The van der Waals surface area contributed by atoms with Gasteiger partial charge in [-0.15, -0.1) is 0 Å². The molecule has 2 aliphatic rings. The average Bonchev–Trinajstić information content (AvgIpc) is 3.56. The van der Waals surface area contributed by atoms with Crippen molar-refractivity contribution in [3.8, 4) is 11.1 Å². The summed E-state index contributed by atoms with van der Waals surface area (Å²) in [5, 5.41) is 13.4. The third-order valence-corrected chi connectivity index (χ3v) is 6.48. The lowest BCUT2D eigenvalue weighted by Gasteiger charge is -2.28. The number of piperazine rings is 1. The standard InChI is InChI=1S/C25H25N7/c1-16(17-5-6-26-25(9-17)32-15-22-10-23(32)13-27-22)30-24-8-20-7-18(3-4-19(20)11-28-24)21-12-29-31(2)14-21/h3-9,11-12,14,22-23,27H,1,10,13,15H2,2H3,(H,28,30). The van der Waals surface area contributed by atoms with Crippen molar-refractivity contribution >= 4 is 28.1 Å². The summed E-state index contributed by atoms with van der Waals surface area (Å²) in [6, 6.07) is 13.7. The van der Waals surface area contributed by atoms with Crippen LogP contribution in [0.5, 0.6) is 0 Å². The van der Waals surface area contributed by atoms with Crippen molar-refractivity contribution in [1.29, 1.82) is 0 Å². The Balaban J connectivity index is 1.24. The molecule has 7 heteroatoms. The van der Waals surface area contributed by atoms with E-state index in [0.717, 1.165) is 57.9 Å². The molecule has 6 rings (SSSR count). The van der Waals surface area contributed by atoms with Gasteiger partial charge >= 0.3 is 0 Å². The fourth-order valence-corrected chi connectivity index (χ4v) is 4.79. The quantitative estimate of drug-likeness (QED) is 0.511. The van der Waals surface area contributed by atoms with E-state index in [4.69, 9.17) is 0 Å². The largest absolute Gasteiger partial charge is 0.351 e. The Morgan fingerprint density at radius 2 is 2.03 bits per heavy atom. The topological polar surface area (TPSA) is 70.9 Å². The molecule has 0 spiro atoms. The molecule has 2 N–H and O–H groups in total. The maximum absolute atomic E-state index is 4.62. The fraction of sp³-hybridized carbons (Fsp3) is 0.240. The van der Waals surface area contributed by atoms with Crippen molar-refractivity contribution in [2.45, 2.75) is 18.5 Å². The predicted molar refractivity (Wildman–Crippen MR) is 128 cm³/mol. The number of benzene rings is 1. The van der Waals surface area contributed by atoms with Crippen LogP contribution in [0.15, 0.2) is 67.8 Å². The van der Waals surface area contributed by atoms with Crippen molar-refractivity contribution in [1.82, 2.24) is 25.1 Å². The zero-order valence-corrected chi connectivity index (χ0v) is 18.0. The Hall–Kier alpha value is -3.71. The number of hydrogen-bond donors (Lipinski definition) is 2. The Bertz CT molecular complexity index is 1320. The summed E-state index contributed by atoms with van der Waals surface area (Å²) >= 11 is 0. The predicted octanol–water partition coefficient (Wildman–Crippen LogP) is 3.66. The molecule has 0 amide bonds. The monoisotopic (exact) mass is 423 g/mol. The van der Waals surface area contributed by atoms with E-state index >= 15 is 0 Å². The Labute approximate surface area is 186 Å². The second kappa shape index (κ2) is 7.46. The van der Waals surface area contributed by atoms with E-state index in [-0.39, 0.29) is 0 Å². The molecule has 7 nitrogen and oxygen atoms in total. The molecule has 2 bridgehead atoms. The zero-order chi connectivity index (χ0) is 21.7. The van der Waals surface area contributed by atoms with Crippen LogP contribution in [0.3, 0.4) is 0 Å². The SMILES string of the molecule is C=C(Nc1cc2cc(-c3cnn(C)c3)ccc2cn1)c1ccnc(N2CC3CC2CN3)c1. The smallest absolute Gasteiger partial charge is 0.130 e. The summed E-state index contributed by atoms with van der Waals surface area (Å²) in [5.74, 6) is 1.79. The Morgan fingerprint density at radius 3 is 2.81 bits per heavy atom. The summed E-state index contributed by atoms with van der Waals surface area (Å²) in [7, 11) is 1.93. The van der Waals surface area contributed by atoms with E-state index in [0.29, 0.717) is 12.1 Å². The van der Waals surface area contributed by atoms with Crippen molar-refractivity contribution in [2.24, 2.45) is 7.05 Å². The highest BCUT2D eigenvalue weighted by atomic mass is 15.3. The average molecular weight is 424 g/mol. The molecule has 160 valence electrons. The lowest BCUT2D eigenvalue weighted by Crippen LogP contribution is -2.44. The van der Waals surface area contributed by atoms with Crippen molar-refractivity contribution in [3.63, 3.8) is 0 Å². The van der Waals surface area contributed by atoms with Gasteiger partial charge in [-0.3, -0.25) is 4.68 Å². The Kier molecular flexibility index (Phi) is 4.43. The molecule has 0 saturated carbocycles. The van der Waals surface area contributed by atoms with E-state index in [9.17, 15) is 0 Å². The third-order valence-electron chi connectivity index (χ3n) is 6.48. The van der Waals surface area contributed by atoms with Gasteiger partial charge in [0, 0.05) is 73.0 Å². The van der Waals surface area contributed by atoms with Crippen molar-refractivity contribution in [3.05, 3.63) is 73.3 Å². The van der Waals surface area contributed by atoms with E-state index in [1.54, 1.807) is 0 Å². The molecule has 5 heterocycles. The van der Waals surface area contributed by atoms with Crippen LogP contribution in [0.1, 0.15) is 12.0 Å². The molecule has 1 aromatic carbocycles. The molecule has 4 aromatic rings. The van der Waals surface area contributed by atoms with Crippen LogP contribution < -0.4 is 15.5 Å². The number of aromatic nitrogens is 4. The van der Waals surface area contributed by atoms with Gasteiger partial charge in [0.25, 0.3) is 0 Å². The first-order valence-corrected chi connectivity index (χ1v) is 10.9. The van der Waals surface area contributed by atoms with Gasteiger partial charge in [0.2, 0.25) is 0 Å². The number of aryl methyl sites for hydroxylation is 1. The molecule has 2 atom stereocenters. The van der Waals surface area contributed by atoms with Crippen LogP contribution in [0.2, 0.25) is 0 Å². The molecular formula is C25H25N7. The van der Waals surface area contributed by atoms with E-state index in [1.165, 1.54) is 6.42 Å². The summed E-state index contributed by atoms with van der Waals surface area (Å²) in [6.07, 6.45) is 8.86. The highest BCUT2D eigenvalue weighted by molar-refractivity contribution is 5.89. The number of fused-ring (bicyclic) bond motifs is 3. The molecule has 32 heavy (non-hydrogen) atoms. The zero-order valence-electron chi connectivity index (χ0n) is 18.0. The minimum atomic E-state index is 0.542. The van der Waals surface area contributed by atoms with Gasteiger partial charge in [-0.05, 0) is 41.6 Å². The van der Waals surface area contributed by atoms with Gasteiger partial charge in [0.05, 0.1) is 6.20 Å². The number of nitrogens with one attached hydrogen (secondary N) is 2. The molecule has 0 aliphatic carbocycles. The van der Waals surface area contributed by atoms with Gasteiger partial charge in [-0.2, -0.15) is 5.10 Å². The molecule has 3 aromatic heterocycles. The van der Waals surface area contributed by atoms with Crippen molar-refractivity contribution < 1.29 is 0 Å². The van der Waals surface area contributed by atoms with Crippen LogP contribution in [-0.4, -0.2) is 44.9 Å². The number of nitrogens with zero attached hydrogens (tertiary/aromatic N) is 5. The minimum Gasteiger partial charge on any atom is -0.351 e. The summed E-state index contributed by atoms with van der Waals surface area (Å²) in [5.41, 5.74) is 4.07. The molecule has 2 aliphatic heterocycles. The van der Waals surface area contributed by atoms with Crippen LogP contribution in [0.4, 0.5) is 11.6 Å². The first-order valence-electron chi connectivity index (χ1n) is 10.9. The highest BCUT2D eigenvalue weighted by Gasteiger charge is 2.38. The van der Waals surface area contributed by atoms with Gasteiger partial charge < -0.3 is 15.5 Å². The summed E-state index contributed by atoms with van der Waals surface area (Å²) < 4.78 is 1.82. The summed E-state index contributed by atoms with van der Waals surface area (Å²) in [6.45, 7) is 6.32. The lowest BCUT2D eigenvalue weighted by molar-refractivity contribution is 0.576. The normalized spacial score (nSPS) is 19.6. The molecular weight excluding hydrogens is 398 g/mol.